The molecule has 1 unspecified atom stereocenters. The Labute approximate surface area is 141 Å². The normalized spacial score (nSPS) is 12.5. The van der Waals surface area contributed by atoms with Gasteiger partial charge in [0.25, 0.3) is 0 Å². The van der Waals surface area contributed by atoms with Crippen LogP contribution in [-0.2, 0) is 9.59 Å². The second-order valence-electron chi connectivity index (χ2n) is 6.67. The molecule has 0 bridgehead atoms. The van der Waals surface area contributed by atoms with Crippen LogP contribution in [0.1, 0.15) is 97.3 Å². The van der Waals surface area contributed by atoms with Crippen molar-refractivity contribution in [2.24, 2.45) is 11.8 Å². The Morgan fingerprint density at radius 2 is 1.17 bits per heavy atom. The Kier molecular flexibility index (Phi) is 13.9. The molecule has 0 spiro atoms. The molecule has 0 aliphatic rings. The van der Waals surface area contributed by atoms with Gasteiger partial charge in [-0.25, -0.2) is 0 Å². The van der Waals surface area contributed by atoms with Crippen LogP contribution in [0, 0.1) is 11.8 Å². The second kappa shape index (κ2) is 14.5. The zero-order chi connectivity index (χ0) is 17.5. The highest BCUT2D eigenvalue weighted by atomic mass is 16.4. The van der Waals surface area contributed by atoms with Gasteiger partial charge in [0.05, 0.1) is 0 Å². The van der Waals surface area contributed by atoms with Gasteiger partial charge >= 0.3 is 0 Å². The lowest BCUT2D eigenvalue weighted by atomic mass is 9.81. The smallest absolute Gasteiger partial charge is 0.0451 e. The molecule has 4 nitrogen and oxygen atoms in total. The van der Waals surface area contributed by atoms with Crippen LogP contribution in [0.15, 0.2) is 0 Å². The third-order valence-electron chi connectivity index (χ3n) is 4.62. The first-order chi connectivity index (χ1) is 11.0. The number of hydrogen-bond donors (Lipinski definition) is 0. The van der Waals surface area contributed by atoms with Crippen molar-refractivity contribution in [2.75, 3.05) is 0 Å². The minimum atomic E-state index is -1.29. The molecular formula is C19H34O4-2. The number of carboxylic acids is 2. The number of carboxylic acid groups (broad SMARTS) is 2. The van der Waals surface area contributed by atoms with E-state index in [0.29, 0.717) is 0 Å². The minimum absolute atomic E-state index is 0.0962. The monoisotopic (exact) mass is 326 g/mol. The SMILES string of the molecule is CCCCCCCC(CCCCCCC)C(CC(=O)[O-])C(=O)[O-]. The highest BCUT2D eigenvalue weighted by Gasteiger charge is 2.22. The van der Waals surface area contributed by atoms with Gasteiger partial charge in [0, 0.05) is 17.9 Å². The quantitative estimate of drug-likeness (QED) is 0.408. The van der Waals surface area contributed by atoms with Crippen LogP contribution in [0.25, 0.3) is 0 Å². The lowest BCUT2D eigenvalue weighted by Gasteiger charge is -2.28. The summed E-state index contributed by atoms with van der Waals surface area (Å²) in [4.78, 5) is 22.2. The zero-order valence-electron chi connectivity index (χ0n) is 15.0. The summed E-state index contributed by atoms with van der Waals surface area (Å²) < 4.78 is 0. The maximum Gasteiger partial charge on any atom is 0.0451 e. The summed E-state index contributed by atoms with van der Waals surface area (Å²) in [5, 5.41) is 22.2. The number of rotatable bonds is 16. The molecule has 0 rings (SSSR count). The standard InChI is InChI=1S/C19H36O4/c1-3-5-7-9-11-13-16(14-12-10-8-6-4-2)17(19(22)23)15-18(20)21/h16-17H,3-15H2,1-2H3,(H,20,21)(H,22,23)/p-2. The molecule has 136 valence electrons. The third-order valence-corrected chi connectivity index (χ3v) is 4.62. The zero-order valence-corrected chi connectivity index (χ0v) is 15.0. The van der Waals surface area contributed by atoms with Crippen molar-refractivity contribution >= 4 is 11.9 Å². The highest BCUT2D eigenvalue weighted by molar-refractivity contribution is 5.75. The lowest BCUT2D eigenvalue weighted by Crippen LogP contribution is -2.40. The van der Waals surface area contributed by atoms with Crippen molar-refractivity contribution in [3.8, 4) is 0 Å². The van der Waals surface area contributed by atoms with Crippen LogP contribution in [0.2, 0.25) is 0 Å². The highest BCUT2D eigenvalue weighted by Crippen LogP contribution is 2.28. The van der Waals surface area contributed by atoms with E-state index in [9.17, 15) is 19.8 Å². The van der Waals surface area contributed by atoms with E-state index in [1.165, 1.54) is 25.7 Å². The van der Waals surface area contributed by atoms with Crippen LogP contribution >= 0.6 is 0 Å². The molecule has 0 N–H and O–H groups in total. The van der Waals surface area contributed by atoms with Gasteiger partial charge in [0.1, 0.15) is 0 Å². The van der Waals surface area contributed by atoms with Crippen LogP contribution in [0.4, 0.5) is 0 Å². The summed E-state index contributed by atoms with van der Waals surface area (Å²) in [6.45, 7) is 4.32. The van der Waals surface area contributed by atoms with Gasteiger partial charge in [-0.2, -0.15) is 0 Å². The fraction of sp³-hybridized carbons (Fsp3) is 0.895. The lowest BCUT2D eigenvalue weighted by molar-refractivity contribution is -0.322. The molecule has 0 amide bonds. The van der Waals surface area contributed by atoms with Gasteiger partial charge in [0.15, 0.2) is 0 Å². The predicted molar refractivity (Wildman–Crippen MR) is 88.4 cm³/mol. The molecule has 0 heterocycles. The Morgan fingerprint density at radius 3 is 1.52 bits per heavy atom. The molecular weight excluding hydrogens is 292 g/mol. The largest absolute Gasteiger partial charge is 0.550 e. The van der Waals surface area contributed by atoms with E-state index >= 15 is 0 Å². The summed E-state index contributed by atoms with van der Waals surface area (Å²) in [5.41, 5.74) is 0. The first-order valence-corrected chi connectivity index (χ1v) is 9.43. The van der Waals surface area contributed by atoms with Crippen molar-refractivity contribution in [2.45, 2.75) is 97.3 Å². The summed E-state index contributed by atoms with van der Waals surface area (Å²) in [7, 11) is 0. The summed E-state index contributed by atoms with van der Waals surface area (Å²) >= 11 is 0. The molecule has 4 heteroatoms. The Balaban J connectivity index is 4.42. The first-order valence-electron chi connectivity index (χ1n) is 9.43. The third kappa shape index (κ3) is 12.1. The average molecular weight is 326 g/mol. The summed E-state index contributed by atoms with van der Waals surface area (Å²) in [5.74, 6) is -3.53. The van der Waals surface area contributed by atoms with E-state index in [1.807, 2.05) is 0 Å². The number of unbranched alkanes of at least 4 members (excludes halogenated alkanes) is 8. The maximum absolute atomic E-state index is 11.3. The Morgan fingerprint density at radius 1 is 0.739 bits per heavy atom. The number of aliphatic carboxylic acids is 2. The molecule has 1 atom stereocenters. The van der Waals surface area contributed by atoms with E-state index in [2.05, 4.69) is 13.8 Å². The molecule has 0 aliphatic heterocycles. The fourth-order valence-electron chi connectivity index (χ4n) is 3.19. The molecule has 0 aliphatic carbocycles. The Bertz CT molecular complexity index is 300. The van der Waals surface area contributed by atoms with Crippen molar-refractivity contribution in [3.63, 3.8) is 0 Å². The molecule has 0 aromatic carbocycles. The Hall–Kier alpha value is -1.06. The molecule has 0 aromatic rings. The van der Waals surface area contributed by atoms with Gasteiger partial charge in [-0.05, 0) is 25.2 Å². The van der Waals surface area contributed by atoms with Crippen LogP contribution in [0.3, 0.4) is 0 Å². The van der Waals surface area contributed by atoms with E-state index in [1.54, 1.807) is 0 Å². The molecule has 0 aromatic heterocycles. The van der Waals surface area contributed by atoms with Crippen molar-refractivity contribution in [3.05, 3.63) is 0 Å². The maximum atomic E-state index is 11.3. The van der Waals surface area contributed by atoms with Gasteiger partial charge in [-0.1, -0.05) is 78.1 Å². The van der Waals surface area contributed by atoms with E-state index in [4.69, 9.17) is 0 Å². The molecule has 0 saturated carbocycles. The summed E-state index contributed by atoms with van der Waals surface area (Å²) in [6.07, 6.45) is 12.3. The number of carbonyl (C=O) groups excluding carboxylic acids is 2. The minimum Gasteiger partial charge on any atom is -0.550 e. The molecule has 23 heavy (non-hydrogen) atoms. The second-order valence-corrected chi connectivity index (χ2v) is 6.67. The van der Waals surface area contributed by atoms with Gasteiger partial charge < -0.3 is 19.8 Å². The molecule has 0 saturated heterocycles. The van der Waals surface area contributed by atoms with E-state index in [0.717, 1.165) is 51.4 Å². The van der Waals surface area contributed by atoms with Crippen LogP contribution in [-0.4, -0.2) is 11.9 Å². The van der Waals surface area contributed by atoms with Crippen molar-refractivity contribution in [1.82, 2.24) is 0 Å². The molecule has 0 radical (unpaired) electrons. The number of carbonyl (C=O) groups is 2. The van der Waals surface area contributed by atoms with E-state index < -0.39 is 24.3 Å². The first kappa shape index (κ1) is 21.9. The van der Waals surface area contributed by atoms with Crippen molar-refractivity contribution in [1.29, 1.82) is 0 Å². The molecule has 0 fully saturated rings. The van der Waals surface area contributed by atoms with Crippen LogP contribution < -0.4 is 10.2 Å². The number of hydrogen-bond acceptors (Lipinski definition) is 4. The van der Waals surface area contributed by atoms with Gasteiger partial charge in [-0.3, -0.25) is 0 Å². The fourth-order valence-corrected chi connectivity index (χ4v) is 3.19. The van der Waals surface area contributed by atoms with Crippen molar-refractivity contribution < 1.29 is 19.8 Å². The van der Waals surface area contributed by atoms with Crippen LogP contribution in [0.5, 0.6) is 0 Å². The van der Waals surface area contributed by atoms with Gasteiger partial charge in [0.2, 0.25) is 0 Å². The predicted octanol–water partition coefficient (Wildman–Crippen LogP) is 2.83. The van der Waals surface area contributed by atoms with Gasteiger partial charge in [-0.15, -0.1) is 0 Å². The average Bonchev–Trinajstić information content (AvgIpc) is 2.50. The summed E-state index contributed by atoms with van der Waals surface area (Å²) in [6, 6.07) is 0. The van der Waals surface area contributed by atoms with E-state index in [-0.39, 0.29) is 5.92 Å². The topological polar surface area (TPSA) is 80.3 Å².